The zero-order chi connectivity index (χ0) is 12.5. The van der Waals surface area contributed by atoms with Crippen LogP contribution in [-0.2, 0) is 4.79 Å². The molecule has 0 saturated carbocycles. The molecule has 1 aliphatic rings. The molecule has 1 atom stereocenters. The molecule has 90 valence electrons. The number of carbonyl (C=O) groups is 2. The predicted molar refractivity (Wildman–Crippen MR) is 62.6 cm³/mol. The summed E-state index contributed by atoms with van der Waals surface area (Å²) in [5.74, 6) is 0.581. The Kier molecular flexibility index (Phi) is 2.98. The number of likely N-dealkylation sites (tertiary alicyclic amines) is 1. The fourth-order valence-electron chi connectivity index (χ4n) is 2.15. The summed E-state index contributed by atoms with van der Waals surface area (Å²) in [6.45, 7) is 0.601. The number of nitrogens with zero attached hydrogens (tertiary/aromatic N) is 1. The minimum absolute atomic E-state index is 0.00539. The van der Waals surface area contributed by atoms with Crippen molar-refractivity contribution in [2.45, 2.75) is 12.8 Å². The minimum atomic E-state index is -0.129. The second-order valence-corrected chi connectivity index (χ2v) is 4.45. The lowest BCUT2D eigenvalue weighted by molar-refractivity contribution is -0.741. The largest absolute Gasteiger partial charge is 0.497 e. The van der Waals surface area contributed by atoms with Crippen molar-refractivity contribution in [3.8, 4) is 5.75 Å². The third-order valence-corrected chi connectivity index (χ3v) is 3.33. The van der Waals surface area contributed by atoms with Gasteiger partial charge in [0.1, 0.15) is 5.75 Å². The van der Waals surface area contributed by atoms with Gasteiger partial charge in [-0.05, 0) is 24.3 Å². The van der Waals surface area contributed by atoms with E-state index in [-0.39, 0.29) is 16.3 Å². The van der Waals surface area contributed by atoms with Crippen LogP contribution in [0.2, 0.25) is 0 Å². The summed E-state index contributed by atoms with van der Waals surface area (Å²) in [6.07, 6.45) is 1.29. The van der Waals surface area contributed by atoms with Crippen LogP contribution >= 0.6 is 0 Å². The lowest BCUT2D eigenvalue weighted by Gasteiger charge is -2.23. The minimum Gasteiger partial charge on any atom is -0.497 e. The number of quaternary nitrogens is 1. The fourth-order valence-corrected chi connectivity index (χ4v) is 2.15. The molecule has 1 fully saturated rings. The molecule has 1 aromatic rings. The van der Waals surface area contributed by atoms with Crippen LogP contribution < -0.4 is 4.74 Å². The highest BCUT2D eigenvalue weighted by atomic mass is 16.5. The van der Waals surface area contributed by atoms with Crippen LogP contribution in [0.25, 0.3) is 0 Å². The average molecular weight is 234 g/mol. The third kappa shape index (κ3) is 1.96. The van der Waals surface area contributed by atoms with Gasteiger partial charge < -0.3 is 4.74 Å². The molecule has 1 unspecified atom stereocenters. The van der Waals surface area contributed by atoms with Crippen molar-refractivity contribution >= 4 is 11.8 Å². The molecule has 17 heavy (non-hydrogen) atoms. The molecule has 0 N–H and O–H groups in total. The molecular formula is C13H16NO3+. The molecule has 4 nitrogen and oxygen atoms in total. The Morgan fingerprint density at radius 3 is 2.41 bits per heavy atom. The normalized spacial score (nSPS) is 23.8. The molecule has 0 bridgehead atoms. The Labute approximate surface area is 100 Å². The first-order valence-electron chi connectivity index (χ1n) is 5.66. The summed E-state index contributed by atoms with van der Waals surface area (Å²) in [6, 6.07) is 6.88. The van der Waals surface area contributed by atoms with Gasteiger partial charge in [0.25, 0.3) is 0 Å². The summed E-state index contributed by atoms with van der Waals surface area (Å²) >= 11 is 0. The van der Waals surface area contributed by atoms with Crippen molar-refractivity contribution in [3.05, 3.63) is 29.8 Å². The fraction of sp³-hybridized carbons (Fsp3) is 0.385. The number of methoxy groups -OCH3 is 1. The van der Waals surface area contributed by atoms with Gasteiger partial charge in [-0.1, -0.05) is 0 Å². The number of carbonyl (C=O) groups excluding carboxylic acids is 2. The first kappa shape index (κ1) is 11.8. The summed E-state index contributed by atoms with van der Waals surface area (Å²) < 4.78 is 4.93. The zero-order valence-electron chi connectivity index (χ0n) is 10.1. The topological polar surface area (TPSA) is 43.4 Å². The third-order valence-electron chi connectivity index (χ3n) is 3.33. The van der Waals surface area contributed by atoms with Crippen LogP contribution in [0.1, 0.15) is 23.2 Å². The van der Waals surface area contributed by atoms with Crippen molar-refractivity contribution in [1.82, 2.24) is 0 Å². The first-order chi connectivity index (χ1) is 8.08. The highest BCUT2D eigenvalue weighted by Gasteiger charge is 2.44. The molecule has 2 amide bonds. The molecule has 1 heterocycles. The number of amides is 2. The second kappa shape index (κ2) is 4.30. The Morgan fingerprint density at radius 2 is 1.94 bits per heavy atom. The van der Waals surface area contributed by atoms with Gasteiger partial charge in [0, 0.05) is 6.42 Å². The molecule has 4 heteroatoms. The van der Waals surface area contributed by atoms with Crippen molar-refractivity contribution in [2.24, 2.45) is 0 Å². The predicted octanol–water partition coefficient (Wildman–Crippen LogP) is 1.60. The summed E-state index contributed by atoms with van der Waals surface area (Å²) in [7, 11) is 3.27. The van der Waals surface area contributed by atoms with Gasteiger partial charge in [0.05, 0.1) is 32.7 Å². The van der Waals surface area contributed by atoms with Crippen molar-refractivity contribution in [1.29, 1.82) is 0 Å². The van der Waals surface area contributed by atoms with E-state index in [4.69, 9.17) is 4.74 Å². The molecule has 0 spiro atoms. The van der Waals surface area contributed by atoms with Crippen LogP contribution in [0.15, 0.2) is 24.3 Å². The number of benzene rings is 1. The van der Waals surface area contributed by atoms with Gasteiger partial charge in [-0.15, -0.1) is 0 Å². The van der Waals surface area contributed by atoms with E-state index in [2.05, 4.69) is 0 Å². The Bertz CT molecular complexity index is 452. The second-order valence-electron chi connectivity index (χ2n) is 4.45. The van der Waals surface area contributed by atoms with Crippen LogP contribution in [0.3, 0.4) is 0 Å². The molecular weight excluding hydrogens is 218 g/mol. The van der Waals surface area contributed by atoms with Crippen molar-refractivity contribution in [3.63, 3.8) is 0 Å². The maximum absolute atomic E-state index is 12.3. The van der Waals surface area contributed by atoms with Crippen molar-refractivity contribution < 1.29 is 18.8 Å². The monoisotopic (exact) mass is 234 g/mol. The molecule has 2 rings (SSSR count). The van der Waals surface area contributed by atoms with E-state index in [0.717, 1.165) is 6.42 Å². The number of rotatable bonds is 2. The summed E-state index contributed by atoms with van der Waals surface area (Å²) in [5, 5.41) is 0. The van der Waals surface area contributed by atoms with Gasteiger partial charge in [-0.2, -0.15) is 4.48 Å². The molecule has 0 aliphatic carbocycles. The van der Waals surface area contributed by atoms with E-state index in [1.54, 1.807) is 38.4 Å². The summed E-state index contributed by atoms with van der Waals surface area (Å²) in [4.78, 5) is 24.0. The lowest BCUT2D eigenvalue weighted by atomic mass is 10.1. The zero-order valence-corrected chi connectivity index (χ0v) is 10.1. The van der Waals surface area contributed by atoms with E-state index < -0.39 is 0 Å². The molecule has 1 aromatic carbocycles. The quantitative estimate of drug-likeness (QED) is 0.576. The molecule has 0 radical (unpaired) electrons. The lowest BCUT2D eigenvalue weighted by Crippen LogP contribution is -2.50. The van der Waals surface area contributed by atoms with E-state index >= 15 is 0 Å². The number of imide groups is 1. The average Bonchev–Trinajstić information content (AvgIpc) is 2.70. The van der Waals surface area contributed by atoms with Crippen LogP contribution in [0.5, 0.6) is 5.75 Å². The highest BCUT2D eigenvalue weighted by molar-refractivity contribution is 5.96. The first-order valence-corrected chi connectivity index (χ1v) is 5.66. The van der Waals surface area contributed by atoms with Gasteiger partial charge in [0.15, 0.2) is 0 Å². The Morgan fingerprint density at radius 1 is 1.29 bits per heavy atom. The number of hydrogen-bond donors (Lipinski definition) is 0. The van der Waals surface area contributed by atoms with E-state index in [1.807, 2.05) is 0 Å². The molecule has 1 saturated heterocycles. The Hall–Kier alpha value is -1.68. The van der Waals surface area contributed by atoms with Crippen LogP contribution in [0.4, 0.5) is 0 Å². The Balaban J connectivity index is 2.27. The number of hydrogen-bond acceptors (Lipinski definition) is 3. The smallest absolute Gasteiger partial charge is 0.353 e. The van der Waals surface area contributed by atoms with Crippen LogP contribution in [0, 0.1) is 0 Å². The van der Waals surface area contributed by atoms with E-state index in [0.29, 0.717) is 24.3 Å². The summed E-state index contributed by atoms with van der Waals surface area (Å²) in [5.41, 5.74) is 0.559. The van der Waals surface area contributed by atoms with Gasteiger partial charge >= 0.3 is 11.8 Å². The maximum atomic E-state index is 12.3. The van der Waals surface area contributed by atoms with Crippen LogP contribution in [-0.4, -0.2) is 37.0 Å². The van der Waals surface area contributed by atoms with Gasteiger partial charge in [0.2, 0.25) is 0 Å². The van der Waals surface area contributed by atoms with Crippen molar-refractivity contribution in [2.75, 3.05) is 20.7 Å². The molecule has 0 aromatic heterocycles. The van der Waals surface area contributed by atoms with Gasteiger partial charge in [-0.3, -0.25) is 0 Å². The SMILES string of the molecule is COc1ccc(C(=O)[N+]2(C)CCCC2=O)cc1. The maximum Gasteiger partial charge on any atom is 0.353 e. The number of ether oxygens (including phenoxy) is 1. The highest BCUT2D eigenvalue weighted by Crippen LogP contribution is 2.23. The van der Waals surface area contributed by atoms with E-state index in [1.165, 1.54) is 0 Å². The van der Waals surface area contributed by atoms with Gasteiger partial charge in [-0.25, -0.2) is 9.59 Å². The standard InChI is InChI=1S/C13H16NO3/c1-14(9-3-4-12(14)15)13(16)10-5-7-11(17-2)8-6-10/h5-8H,3-4,9H2,1-2H3/q+1. The molecule has 1 aliphatic heterocycles. The van der Waals surface area contributed by atoms with E-state index in [9.17, 15) is 9.59 Å².